The average Bonchev–Trinajstić information content (AvgIpc) is 2.51. The molecule has 0 bridgehead atoms. The number of H-pyrrole nitrogens is 1. The van der Waals surface area contributed by atoms with Crippen molar-refractivity contribution in [3.8, 4) is 11.3 Å². The van der Waals surface area contributed by atoms with Crippen LogP contribution in [0.2, 0.25) is 0 Å². The molecule has 110 valence electrons. The average molecular weight is 284 g/mol. The van der Waals surface area contributed by atoms with E-state index < -0.39 is 0 Å². The number of aromatic amines is 1. The number of hydrogen-bond acceptors (Lipinski definition) is 2. The van der Waals surface area contributed by atoms with E-state index in [1.807, 2.05) is 18.2 Å². The Bertz CT molecular complexity index is 810. The summed E-state index contributed by atoms with van der Waals surface area (Å²) in [7, 11) is 1.54. The molecule has 2 aromatic rings. The third-order valence-corrected chi connectivity index (χ3v) is 5.00. The van der Waals surface area contributed by atoms with Gasteiger partial charge in [-0.2, -0.15) is 0 Å². The quantitative estimate of drug-likeness (QED) is 0.920. The lowest BCUT2D eigenvalue weighted by Gasteiger charge is -2.37. The lowest BCUT2D eigenvalue weighted by atomic mass is 9.66. The summed E-state index contributed by atoms with van der Waals surface area (Å²) < 4.78 is 1.19. The molecular formula is C17H20N2O2. The first-order valence-electron chi connectivity index (χ1n) is 7.46. The number of nitrogens with one attached hydrogen (secondary N) is 1. The fourth-order valence-corrected chi connectivity index (χ4v) is 3.54. The minimum Gasteiger partial charge on any atom is -0.306 e. The Kier molecular flexibility index (Phi) is 3.12. The molecule has 1 N–H and O–H groups in total. The summed E-state index contributed by atoms with van der Waals surface area (Å²) in [4.78, 5) is 27.7. The standard InChI is InChI=1S/C17H20N2O2/c1-4-17(5-2)10-11-8-6-7-9-12(11)14-13(17)15(20)19(3)16(21)18-14/h6-9H,4-5,10H2,1-3H3,(H,18,21). The Morgan fingerprint density at radius 2 is 1.86 bits per heavy atom. The molecule has 1 aliphatic rings. The first-order chi connectivity index (χ1) is 10.0. The number of nitrogens with zero attached hydrogens (tertiary/aromatic N) is 1. The van der Waals surface area contributed by atoms with Crippen LogP contribution in [0.3, 0.4) is 0 Å². The van der Waals surface area contributed by atoms with Crippen LogP contribution in [0.5, 0.6) is 0 Å². The van der Waals surface area contributed by atoms with E-state index in [1.54, 1.807) is 0 Å². The Hall–Kier alpha value is -2.10. The number of rotatable bonds is 2. The van der Waals surface area contributed by atoms with E-state index in [4.69, 9.17) is 0 Å². The smallest absolute Gasteiger partial charge is 0.306 e. The summed E-state index contributed by atoms with van der Waals surface area (Å²) in [6.45, 7) is 4.23. The first-order valence-corrected chi connectivity index (χ1v) is 7.46. The summed E-state index contributed by atoms with van der Waals surface area (Å²) in [6, 6.07) is 8.04. The lowest BCUT2D eigenvalue weighted by molar-refractivity contribution is 0.380. The first kappa shape index (κ1) is 13.9. The van der Waals surface area contributed by atoms with Gasteiger partial charge in [-0.1, -0.05) is 38.1 Å². The highest BCUT2D eigenvalue weighted by molar-refractivity contribution is 5.71. The predicted molar refractivity (Wildman–Crippen MR) is 83.7 cm³/mol. The van der Waals surface area contributed by atoms with E-state index in [9.17, 15) is 9.59 Å². The zero-order valence-corrected chi connectivity index (χ0v) is 12.7. The van der Waals surface area contributed by atoms with Gasteiger partial charge in [0.25, 0.3) is 5.56 Å². The van der Waals surface area contributed by atoms with Gasteiger partial charge >= 0.3 is 5.69 Å². The minimum absolute atomic E-state index is 0.160. The second-order valence-electron chi connectivity index (χ2n) is 5.87. The lowest BCUT2D eigenvalue weighted by Crippen LogP contribution is -2.44. The maximum Gasteiger partial charge on any atom is 0.328 e. The number of fused-ring (bicyclic) bond motifs is 3. The van der Waals surface area contributed by atoms with E-state index in [-0.39, 0.29) is 16.7 Å². The highest BCUT2D eigenvalue weighted by atomic mass is 16.2. The molecule has 0 aliphatic heterocycles. The normalized spacial score (nSPS) is 15.4. The summed E-state index contributed by atoms with van der Waals surface area (Å²) >= 11 is 0. The third-order valence-electron chi connectivity index (χ3n) is 5.00. The Morgan fingerprint density at radius 3 is 2.52 bits per heavy atom. The van der Waals surface area contributed by atoms with Crippen LogP contribution in [0.15, 0.2) is 33.9 Å². The SMILES string of the molecule is CCC1(CC)Cc2ccccc2-c2[nH]c(=O)n(C)c(=O)c21. The topological polar surface area (TPSA) is 54.9 Å². The van der Waals surface area contributed by atoms with Gasteiger partial charge in [0.1, 0.15) is 0 Å². The molecule has 1 aromatic heterocycles. The summed E-state index contributed by atoms with van der Waals surface area (Å²) in [6.07, 6.45) is 2.61. The van der Waals surface area contributed by atoms with Crippen LogP contribution in [0, 0.1) is 0 Å². The second-order valence-corrected chi connectivity index (χ2v) is 5.87. The summed E-state index contributed by atoms with van der Waals surface area (Å²) in [5.74, 6) is 0. The van der Waals surface area contributed by atoms with Gasteiger partial charge in [0.2, 0.25) is 0 Å². The molecule has 0 saturated heterocycles. The molecule has 0 spiro atoms. The van der Waals surface area contributed by atoms with Crippen molar-refractivity contribution < 1.29 is 0 Å². The van der Waals surface area contributed by atoms with Crippen molar-refractivity contribution in [1.82, 2.24) is 9.55 Å². The van der Waals surface area contributed by atoms with Crippen LogP contribution in [0.25, 0.3) is 11.3 Å². The van der Waals surface area contributed by atoms with Crippen LogP contribution in [-0.4, -0.2) is 9.55 Å². The molecule has 0 atom stereocenters. The van der Waals surface area contributed by atoms with Gasteiger partial charge in [0.05, 0.1) is 5.69 Å². The van der Waals surface area contributed by atoms with Crippen molar-refractivity contribution in [1.29, 1.82) is 0 Å². The molecule has 3 rings (SSSR count). The van der Waals surface area contributed by atoms with Crippen LogP contribution in [-0.2, 0) is 18.9 Å². The van der Waals surface area contributed by atoms with E-state index in [0.717, 1.165) is 30.4 Å². The van der Waals surface area contributed by atoms with Crippen molar-refractivity contribution in [3.63, 3.8) is 0 Å². The molecule has 0 unspecified atom stereocenters. The monoisotopic (exact) mass is 284 g/mol. The van der Waals surface area contributed by atoms with Crippen molar-refractivity contribution in [2.75, 3.05) is 0 Å². The molecule has 0 fully saturated rings. The predicted octanol–water partition coefficient (Wildman–Crippen LogP) is 2.35. The Morgan fingerprint density at radius 1 is 1.19 bits per heavy atom. The van der Waals surface area contributed by atoms with E-state index in [2.05, 4.69) is 24.9 Å². The zero-order chi connectivity index (χ0) is 15.2. The van der Waals surface area contributed by atoms with Gasteiger partial charge in [-0.05, 0) is 24.8 Å². The van der Waals surface area contributed by atoms with Gasteiger partial charge in [-0.3, -0.25) is 9.36 Å². The molecule has 4 nitrogen and oxygen atoms in total. The number of benzene rings is 1. The third kappa shape index (κ3) is 1.82. The number of aromatic nitrogens is 2. The molecule has 0 amide bonds. The molecule has 21 heavy (non-hydrogen) atoms. The molecule has 1 aliphatic carbocycles. The van der Waals surface area contributed by atoms with Gasteiger partial charge < -0.3 is 4.98 Å². The van der Waals surface area contributed by atoms with Gasteiger partial charge in [-0.15, -0.1) is 0 Å². The van der Waals surface area contributed by atoms with Gasteiger partial charge in [-0.25, -0.2) is 4.79 Å². The van der Waals surface area contributed by atoms with Crippen molar-refractivity contribution in [2.24, 2.45) is 7.05 Å². The maximum atomic E-state index is 12.7. The highest BCUT2D eigenvalue weighted by Gasteiger charge is 2.39. The molecule has 4 heteroatoms. The zero-order valence-electron chi connectivity index (χ0n) is 12.7. The molecule has 1 heterocycles. The van der Waals surface area contributed by atoms with E-state index >= 15 is 0 Å². The number of hydrogen-bond donors (Lipinski definition) is 1. The maximum absolute atomic E-state index is 12.7. The Labute approximate surface area is 123 Å². The van der Waals surface area contributed by atoms with Crippen molar-refractivity contribution in [2.45, 2.75) is 38.5 Å². The van der Waals surface area contributed by atoms with Crippen molar-refractivity contribution in [3.05, 3.63) is 56.2 Å². The molecule has 0 radical (unpaired) electrons. The van der Waals surface area contributed by atoms with Crippen LogP contribution in [0.1, 0.15) is 37.8 Å². The summed E-state index contributed by atoms with van der Waals surface area (Å²) in [5.41, 5.74) is 2.98. The fraction of sp³-hybridized carbons (Fsp3) is 0.412. The minimum atomic E-state index is -0.350. The molecule has 0 saturated carbocycles. The summed E-state index contributed by atoms with van der Waals surface area (Å²) in [5, 5.41) is 0. The van der Waals surface area contributed by atoms with E-state index in [1.165, 1.54) is 17.2 Å². The fourth-order valence-electron chi connectivity index (χ4n) is 3.54. The van der Waals surface area contributed by atoms with Crippen LogP contribution in [0.4, 0.5) is 0 Å². The Balaban J connectivity index is 2.48. The van der Waals surface area contributed by atoms with E-state index in [0.29, 0.717) is 5.69 Å². The largest absolute Gasteiger partial charge is 0.328 e. The van der Waals surface area contributed by atoms with Crippen molar-refractivity contribution >= 4 is 0 Å². The van der Waals surface area contributed by atoms with Gasteiger partial charge in [0.15, 0.2) is 0 Å². The second kappa shape index (κ2) is 4.72. The van der Waals surface area contributed by atoms with Crippen LogP contribution < -0.4 is 11.2 Å². The molecular weight excluding hydrogens is 264 g/mol. The molecule has 1 aromatic carbocycles. The van der Waals surface area contributed by atoms with Crippen LogP contribution >= 0.6 is 0 Å². The highest BCUT2D eigenvalue weighted by Crippen LogP contribution is 2.43. The van der Waals surface area contributed by atoms with Gasteiger partial charge in [0, 0.05) is 23.6 Å².